The standard InChI is InChI=1S/C9H12ClI/c1-3-5-9(10)8(4-2)6-7-11/h3-5H,1,6-7H2,2H3/b8-4-,9-5+. The van der Waals surface area contributed by atoms with Gasteiger partial charge in [-0.3, -0.25) is 0 Å². The van der Waals surface area contributed by atoms with Crippen LogP contribution in [-0.2, 0) is 0 Å². The van der Waals surface area contributed by atoms with E-state index < -0.39 is 0 Å². The summed E-state index contributed by atoms with van der Waals surface area (Å²) in [6.07, 6.45) is 6.60. The predicted octanol–water partition coefficient (Wildman–Crippen LogP) is 4.07. The molecule has 0 spiro atoms. The van der Waals surface area contributed by atoms with E-state index >= 15 is 0 Å². The largest absolute Gasteiger partial charge is 0.0990 e. The molecular weight excluding hydrogens is 270 g/mol. The molecule has 0 unspecified atom stereocenters. The second kappa shape index (κ2) is 6.92. The topological polar surface area (TPSA) is 0 Å². The zero-order valence-corrected chi connectivity index (χ0v) is 9.52. The van der Waals surface area contributed by atoms with Crippen LogP contribution in [0.25, 0.3) is 0 Å². The number of hydrogen-bond donors (Lipinski definition) is 0. The monoisotopic (exact) mass is 282 g/mol. The van der Waals surface area contributed by atoms with Gasteiger partial charge in [-0.25, -0.2) is 0 Å². The van der Waals surface area contributed by atoms with E-state index in [4.69, 9.17) is 11.6 Å². The van der Waals surface area contributed by atoms with Crippen LogP contribution >= 0.6 is 34.2 Å². The van der Waals surface area contributed by atoms with E-state index in [9.17, 15) is 0 Å². The Bertz CT molecular complexity index is 180. The maximum absolute atomic E-state index is 5.94. The van der Waals surface area contributed by atoms with E-state index in [1.54, 1.807) is 6.08 Å². The average Bonchev–Trinajstić information content (AvgIpc) is 2.00. The van der Waals surface area contributed by atoms with Gasteiger partial charge < -0.3 is 0 Å². The molecule has 0 saturated carbocycles. The van der Waals surface area contributed by atoms with Gasteiger partial charge in [0.1, 0.15) is 0 Å². The third-order valence-corrected chi connectivity index (χ3v) is 2.19. The lowest BCUT2D eigenvalue weighted by molar-refractivity contribution is 1.17. The first kappa shape index (κ1) is 11.2. The molecule has 0 atom stereocenters. The van der Waals surface area contributed by atoms with Crippen LogP contribution in [0.3, 0.4) is 0 Å². The molecule has 0 saturated heterocycles. The number of hydrogen-bond acceptors (Lipinski definition) is 0. The summed E-state index contributed by atoms with van der Waals surface area (Å²) in [5.74, 6) is 0. The summed E-state index contributed by atoms with van der Waals surface area (Å²) in [4.78, 5) is 0. The molecule has 0 N–H and O–H groups in total. The molecule has 62 valence electrons. The molecule has 0 aromatic rings. The van der Waals surface area contributed by atoms with Crippen molar-refractivity contribution in [1.29, 1.82) is 0 Å². The molecule has 0 rings (SSSR count). The zero-order chi connectivity index (χ0) is 8.69. The SMILES string of the molecule is C=C/C=C(Cl)\C(=C/C)CCI. The lowest BCUT2D eigenvalue weighted by Gasteiger charge is -2.00. The summed E-state index contributed by atoms with van der Waals surface area (Å²) >= 11 is 8.28. The molecule has 2 heteroatoms. The van der Waals surface area contributed by atoms with E-state index in [0.29, 0.717) is 0 Å². The van der Waals surface area contributed by atoms with Gasteiger partial charge >= 0.3 is 0 Å². The van der Waals surface area contributed by atoms with E-state index in [1.165, 1.54) is 5.57 Å². The van der Waals surface area contributed by atoms with E-state index in [2.05, 4.69) is 29.2 Å². The van der Waals surface area contributed by atoms with Crippen LogP contribution in [0.4, 0.5) is 0 Å². The van der Waals surface area contributed by atoms with Crippen LogP contribution in [-0.4, -0.2) is 4.43 Å². The maximum Gasteiger partial charge on any atom is 0.0434 e. The highest BCUT2D eigenvalue weighted by Crippen LogP contribution is 2.18. The molecule has 0 aliphatic carbocycles. The lowest BCUT2D eigenvalue weighted by Crippen LogP contribution is -1.83. The Morgan fingerprint density at radius 3 is 2.64 bits per heavy atom. The second-order valence-electron chi connectivity index (χ2n) is 2.00. The van der Waals surface area contributed by atoms with Crippen LogP contribution in [0, 0.1) is 0 Å². The summed E-state index contributed by atoms with van der Waals surface area (Å²) in [6, 6.07) is 0. The Morgan fingerprint density at radius 2 is 2.27 bits per heavy atom. The van der Waals surface area contributed by atoms with Gasteiger partial charge in [0.25, 0.3) is 0 Å². The fourth-order valence-corrected chi connectivity index (χ4v) is 1.59. The first-order valence-electron chi connectivity index (χ1n) is 3.46. The van der Waals surface area contributed by atoms with Gasteiger partial charge in [-0.2, -0.15) is 0 Å². The summed E-state index contributed by atoms with van der Waals surface area (Å²) < 4.78 is 1.10. The van der Waals surface area contributed by atoms with Gasteiger partial charge in [-0.1, -0.05) is 52.9 Å². The fraction of sp³-hybridized carbons (Fsp3) is 0.333. The van der Waals surface area contributed by atoms with Crippen LogP contribution in [0.2, 0.25) is 0 Å². The van der Waals surface area contributed by atoms with Gasteiger partial charge in [0.15, 0.2) is 0 Å². The van der Waals surface area contributed by atoms with Crippen molar-refractivity contribution >= 4 is 34.2 Å². The molecule has 0 aromatic heterocycles. The maximum atomic E-state index is 5.94. The van der Waals surface area contributed by atoms with E-state index in [1.807, 2.05) is 19.1 Å². The average molecular weight is 283 g/mol. The lowest BCUT2D eigenvalue weighted by atomic mass is 10.2. The number of alkyl halides is 1. The Morgan fingerprint density at radius 1 is 1.64 bits per heavy atom. The fourth-order valence-electron chi connectivity index (χ4n) is 0.714. The summed E-state index contributed by atoms with van der Waals surface area (Å²) in [7, 11) is 0. The minimum absolute atomic E-state index is 0.805. The summed E-state index contributed by atoms with van der Waals surface area (Å²) in [5.41, 5.74) is 1.20. The van der Waals surface area contributed by atoms with Crippen molar-refractivity contribution in [3.05, 3.63) is 35.4 Å². The molecule has 0 bridgehead atoms. The highest BCUT2D eigenvalue weighted by Gasteiger charge is 1.97. The molecule has 0 fully saturated rings. The second-order valence-corrected chi connectivity index (χ2v) is 3.49. The predicted molar refractivity (Wildman–Crippen MR) is 61.4 cm³/mol. The van der Waals surface area contributed by atoms with Crippen LogP contribution in [0.1, 0.15) is 13.3 Å². The third kappa shape index (κ3) is 4.64. The van der Waals surface area contributed by atoms with Crippen molar-refractivity contribution in [1.82, 2.24) is 0 Å². The van der Waals surface area contributed by atoms with Crippen molar-refractivity contribution in [2.45, 2.75) is 13.3 Å². The van der Waals surface area contributed by atoms with Crippen molar-refractivity contribution in [3.63, 3.8) is 0 Å². The van der Waals surface area contributed by atoms with Crippen molar-refractivity contribution < 1.29 is 0 Å². The Balaban J connectivity index is 4.26. The molecule has 0 radical (unpaired) electrons. The Kier molecular flexibility index (Phi) is 7.07. The van der Waals surface area contributed by atoms with Gasteiger partial charge in [-0.05, 0) is 25.0 Å². The molecule has 0 heterocycles. The first-order chi connectivity index (χ1) is 5.26. The number of halogens is 2. The van der Waals surface area contributed by atoms with Gasteiger partial charge in [0, 0.05) is 9.46 Å². The molecule has 0 amide bonds. The van der Waals surface area contributed by atoms with E-state index in [-0.39, 0.29) is 0 Å². The third-order valence-electron chi connectivity index (χ3n) is 1.28. The van der Waals surface area contributed by atoms with Gasteiger partial charge in [0.2, 0.25) is 0 Å². The van der Waals surface area contributed by atoms with Crippen molar-refractivity contribution in [2.24, 2.45) is 0 Å². The van der Waals surface area contributed by atoms with Gasteiger partial charge in [-0.15, -0.1) is 0 Å². The smallest absolute Gasteiger partial charge is 0.0434 e. The highest BCUT2D eigenvalue weighted by molar-refractivity contribution is 14.1. The summed E-state index contributed by atoms with van der Waals surface area (Å²) in [6.45, 7) is 5.59. The minimum atomic E-state index is 0.805. The van der Waals surface area contributed by atoms with Crippen LogP contribution < -0.4 is 0 Å². The normalized spacial score (nSPS) is 13.4. The molecule has 0 aliphatic heterocycles. The summed E-state index contributed by atoms with van der Waals surface area (Å²) in [5, 5.41) is 0.805. The molecule has 0 aromatic carbocycles. The Labute approximate surface area is 87.2 Å². The zero-order valence-electron chi connectivity index (χ0n) is 6.61. The number of rotatable bonds is 4. The molecule has 0 nitrogen and oxygen atoms in total. The Hall–Kier alpha value is 0.240. The molecular formula is C9H12ClI. The highest BCUT2D eigenvalue weighted by atomic mass is 127. The van der Waals surface area contributed by atoms with Gasteiger partial charge in [0.05, 0.1) is 0 Å². The van der Waals surface area contributed by atoms with Crippen LogP contribution in [0.15, 0.2) is 35.4 Å². The number of allylic oxidation sites excluding steroid dienone is 5. The van der Waals surface area contributed by atoms with Crippen LogP contribution in [0.5, 0.6) is 0 Å². The first-order valence-corrected chi connectivity index (χ1v) is 5.36. The van der Waals surface area contributed by atoms with Crippen molar-refractivity contribution in [2.75, 3.05) is 4.43 Å². The molecule has 0 aliphatic rings. The minimum Gasteiger partial charge on any atom is -0.0990 e. The van der Waals surface area contributed by atoms with Crippen molar-refractivity contribution in [3.8, 4) is 0 Å². The molecule has 11 heavy (non-hydrogen) atoms. The van der Waals surface area contributed by atoms with E-state index in [0.717, 1.165) is 15.9 Å². The quantitative estimate of drug-likeness (QED) is 0.414.